The van der Waals surface area contributed by atoms with E-state index >= 15 is 0 Å². The smallest absolute Gasteiger partial charge is 0.305 e. The molecule has 0 aliphatic carbocycles. The number of esters is 1. The van der Waals surface area contributed by atoms with Crippen LogP contribution in [0.15, 0.2) is 24.3 Å². The number of anilines is 1. The first kappa shape index (κ1) is 13.2. The van der Waals surface area contributed by atoms with Gasteiger partial charge in [0, 0.05) is 13.0 Å². The number of carbonyl (C=O) groups is 1. The minimum Gasteiger partial charge on any atom is -0.466 e. The molecule has 6 nitrogen and oxygen atoms in total. The van der Waals surface area contributed by atoms with Gasteiger partial charge in [0.05, 0.1) is 12.1 Å². The minimum absolute atomic E-state index is 0.179. The summed E-state index contributed by atoms with van der Waals surface area (Å²) in [5, 5.41) is 11.1. The molecular formula is C13H16N4O2. The zero-order chi connectivity index (χ0) is 13.5. The van der Waals surface area contributed by atoms with Crippen molar-refractivity contribution >= 4 is 23.0 Å². The summed E-state index contributed by atoms with van der Waals surface area (Å²) < 4.78 is 4.84. The monoisotopic (exact) mass is 260 g/mol. The number of carbonyl (C=O) groups excluding carboxylic acids is 1. The number of fused-ring (bicyclic) bond motifs is 1. The first-order valence-corrected chi connectivity index (χ1v) is 6.28. The molecule has 0 amide bonds. The molecule has 6 heteroatoms. The molecule has 0 aliphatic heterocycles. The van der Waals surface area contributed by atoms with E-state index in [9.17, 15) is 4.79 Å². The second-order valence-corrected chi connectivity index (χ2v) is 3.96. The van der Waals surface area contributed by atoms with Gasteiger partial charge in [-0.05, 0) is 25.5 Å². The molecule has 0 atom stereocenters. The minimum atomic E-state index is -0.179. The Bertz CT molecular complexity index is 559. The van der Waals surface area contributed by atoms with Gasteiger partial charge in [0.1, 0.15) is 5.52 Å². The van der Waals surface area contributed by atoms with Crippen LogP contribution < -0.4 is 5.32 Å². The third-order valence-corrected chi connectivity index (χ3v) is 2.51. The standard InChI is InChI=1S/C13H16N4O2/c1-2-19-12(18)8-5-9-14-13-15-10-6-3-4-7-11(10)16-17-13/h3-4,6-7H,2,5,8-9H2,1H3,(H,14,15,17). The Labute approximate surface area is 111 Å². The topological polar surface area (TPSA) is 77.0 Å². The Hall–Kier alpha value is -2.24. The Kier molecular flexibility index (Phi) is 4.60. The summed E-state index contributed by atoms with van der Waals surface area (Å²) in [5.41, 5.74) is 1.56. The lowest BCUT2D eigenvalue weighted by Gasteiger charge is -2.04. The van der Waals surface area contributed by atoms with Crippen LogP contribution in [0.25, 0.3) is 11.0 Å². The quantitative estimate of drug-likeness (QED) is 0.630. The third-order valence-electron chi connectivity index (χ3n) is 2.51. The van der Waals surface area contributed by atoms with Crippen molar-refractivity contribution in [1.82, 2.24) is 15.2 Å². The van der Waals surface area contributed by atoms with E-state index in [-0.39, 0.29) is 5.97 Å². The molecular weight excluding hydrogens is 244 g/mol. The van der Waals surface area contributed by atoms with Gasteiger partial charge in [0.2, 0.25) is 5.95 Å². The molecule has 1 aromatic heterocycles. The van der Waals surface area contributed by atoms with Crippen LogP contribution in [0.5, 0.6) is 0 Å². The van der Waals surface area contributed by atoms with E-state index in [0.29, 0.717) is 31.9 Å². The second kappa shape index (κ2) is 6.63. The molecule has 0 radical (unpaired) electrons. The number of nitrogens with one attached hydrogen (secondary N) is 1. The molecule has 100 valence electrons. The van der Waals surface area contributed by atoms with Crippen molar-refractivity contribution in [3.05, 3.63) is 24.3 Å². The number of para-hydroxylation sites is 1. The van der Waals surface area contributed by atoms with E-state index in [4.69, 9.17) is 4.74 Å². The first-order valence-electron chi connectivity index (χ1n) is 6.28. The van der Waals surface area contributed by atoms with Crippen LogP contribution in [0.3, 0.4) is 0 Å². The second-order valence-electron chi connectivity index (χ2n) is 3.96. The van der Waals surface area contributed by atoms with Crippen molar-refractivity contribution in [3.8, 4) is 0 Å². The molecule has 0 saturated heterocycles. The Morgan fingerprint density at radius 3 is 2.84 bits per heavy atom. The van der Waals surface area contributed by atoms with Gasteiger partial charge in [-0.15, -0.1) is 10.2 Å². The zero-order valence-electron chi connectivity index (χ0n) is 10.8. The Balaban J connectivity index is 1.83. The first-order chi connectivity index (χ1) is 9.29. The summed E-state index contributed by atoms with van der Waals surface area (Å²) in [6.45, 7) is 2.83. The SMILES string of the molecule is CCOC(=O)CCCNc1nnc2ccccc2n1. The van der Waals surface area contributed by atoms with Crippen LogP contribution in [0, 0.1) is 0 Å². The highest BCUT2D eigenvalue weighted by Gasteiger charge is 2.03. The number of benzene rings is 1. The molecule has 0 unspecified atom stereocenters. The maximum Gasteiger partial charge on any atom is 0.305 e. The van der Waals surface area contributed by atoms with E-state index in [2.05, 4.69) is 20.5 Å². The van der Waals surface area contributed by atoms with Gasteiger partial charge in [0.15, 0.2) is 0 Å². The zero-order valence-corrected chi connectivity index (χ0v) is 10.8. The number of ether oxygens (including phenoxy) is 1. The average molecular weight is 260 g/mol. The molecule has 0 spiro atoms. The van der Waals surface area contributed by atoms with Crippen molar-refractivity contribution in [2.75, 3.05) is 18.5 Å². The van der Waals surface area contributed by atoms with Crippen molar-refractivity contribution in [2.24, 2.45) is 0 Å². The highest BCUT2D eigenvalue weighted by atomic mass is 16.5. The van der Waals surface area contributed by atoms with Crippen LogP contribution in [0.4, 0.5) is 5.95 Å². The van der Waals surface area contributed by atoms with Crippen LogP contribution in [-0.4, -0.2) is 34.3 Å². The molecule has 0 fully saturated rings. The number of aromatic nitrogens is 3. The van der Waals surface area contributed by atoms with Crippen LogP contribution in [0.2, 0.25) is 0 Å². The summed E-state index contributed by atoms with van der Waals surface area (Å²) in [5.74, 6) is 0.296. The fourth-order valence-corrected chi connectivity index (χ4v) is 1.62. The molecule has 1 N–H and O–H groups in total. The van der Waals surface area contributed by atoms with Gasteiger partial charge in [-0.1, -0.05) is 12.1 Å². The van der Waals surface area contributed by atoms with Crippen LogP contribution in [0.1, 0.15) is 19.8 Å². The predicted molar refractivity (Wildman–Crippen MR) is 71.7 cm³/mol. The largest absolute Gasteiger partial charge is 0.466 e. The predicted octanol–water partition coefficient (Wildman–Crippen LogP) is 1.78. The summed E-state index contributed by atoms with van der Waals surface area (Å²) >= 11 is 0. The normalized spacial score (nSPS) is 10.4. The molecule has 0 saturated carbocycles. The molecule has 2 aromatic rings. The number of rotatable bonds is 6. The molecule has 1 aromatic carbocycles. The van der Waals surface area contributed by atoms with Crippen molar-refractivity contribution in [3.63, 3.8) is 0 Å². The maximum atomic E-state index is 11.1. The van der Waals surface area contributed by atoms with Gasteiger partial charge in [0.25, 0.3) is 0 Å². The molecule has 19 heavy (non-hydrogen) atoms. The number of hydrogen-bond donors (Lipinski definition) is 1. The lowest BCUT2D eigenvalue weighted by Crippen LogP contribution is -2.10. The molecule has 0 bridgehead atoms. The lowest BCUT2D eigenvalue weighted by molar-refractivity contribution is -0.143. The van der Waals surface area contributed by atoms with E-state index in [1.807, 2.05) is 24.3 Å². The fraction of sp³-hybridized carbons (Fsp3) is 0.385. The van der Waals surface area contributed by atoms with Gasteiger partial charge >= 0.3 is 5.97 Å². The maximum absolute atomic E-state index is 11.1. The van der Waals surface area contributed by atoms with E-state index in [1.165, 1.54) is 0 Å². The van der Waals surface area contributed by atoms with Gasteiger partial charge in [-0.25, -0.2) is 4.98 Å². The van der Waals surface area contributed by atoms with Crippen LogP contribution in [-0.2, 0) is 9.53 Å². The van der Waals surface area contributed by atoms with Crippen molar-refractivity contribution in [1.29, 1.82) is 0 Å². The molecule has 1 heterocycles. The van der Waals surface area contributed by atoms with Crippen LogP contribution >= 0.6 is 0 Å². The summed E-state index contributed by atoms with van der Waals surface area (Å²) in [6.07, 6.45) is 1.07. The molecule has 2 rings (SSSR count). The van der Waals surface area contributed by atoms with Gasteiger partial charge in [-0.3, -0.25) is 4.79 Å². The van der Waals surface area contributed by atoms with E-state index in [0.717, 1.165) is 11.0 Å². The summed E-state index contributed by atoms with van der Waals surface area (Å²) in [4.78, 5) is 15.5. The third kappa shape index (κ3) is 3.87. The van der Waals surface area contributed by atoms with Crippen molar-refractivity contribution < 1.29 is 9.53 Å². The Morgan fingerprint density at radius 2 is 2.05 bits per heavy atom. The fourth-order valence-electron chi connectivity index (χ4n) is 1.62. The molecule has 0 aliphatic rings. The van der Waals surface area contributed by atoms with E-state index < -0.39 is 0 Å². The average Bonchev–Trinajstić information content (AvgIpc) is 2.44. The summed E-state index contributed by atoms with van der Waals surface area (Å²) in [7, 11) is 0. The van der Waals surface area contributed by atoms with E-state index in [1.54, 1.807) is 6.92 Å². The van der Waals surface area contributed by atoms with Gasteiger partial charge < -0.3 is 10.1 Å². The van der Waals surface area contributed by atoms with Gasteiger partial charge in [-0.2, -0.15) is 0 Å². The lowest BCUT2D eigenvalue weighted by atomic mass is 10.3. The number of hydrogen-bond acceptors (Lipinski definition) is 6. The Morgan fingerprint density at radius 1 is 1.26 bits per heavy atom. The number of nitrogens with zero attached hydrogens (tertiary/aromatic N) is 3. The summed E-state index contributed by atoms with van der Waals surface area (Å²) in [6, 6.07) is 7.54. The highest BCUT2D eigenvalue weighted by molar-refractivity contribution is 5.74. The highest BCUT2D eigenvalue weighted by Crippen LogP contribution is 2.08. The van der Waals surface area contributed by atoms with Crippen molar-refractivity contribution in [2.45, 2.75) is 19.8 Å².